The number of thioether (sulfide) groups is 1. The Balaban J connectivity index is 1.58. The number of carbonyl (C=O) groups is 2. The lowest BCUT2D eigenvalue weighted by molar-refractivity contribution is -0.131. The number of amides is 2. The summed E-state index contributed by atoms with van der Waals surface area (Å²) >= 11 is 1.69. The molecule has 3 rings (SSSR count). The second-order valence-corrected chi connectivity index (χ2v) is 8.76. The predicted molar refractivity (Wildman–Crippen MR) is 110 cm³/mol. The number of benzene rings is 2. The second-order valence-electron chi connectivity index (χ2n) is 7.14. The number of nitrogens with zero attached hydrogens (tertiary/aromatic N) is 2. The van der Waals surface area contributed by atoms with Crippen molar-refractivity contribution in [2.24, 2.45) is 0 Å². The van der Waals surface area contributed by atoms with E-state index < -0.39 is 0 Å². The van der Waals surface area contributed by atoms with Crippen LogP contribution in [0.5, 0.6) is 0 Å². The summed E-state index contributed by atoms with van der Waals surface area (Å²) in [4.78, 5) is 30.1. The fourth-order valence-electron chi connectivity index (χ4n) is 3.22. The summed E-state index contributed by atoms with van der Waals surface area (Å²) in [5.41, 5.74) is 1.52. The Labute approximate surface area is 169 Å². The molecule has 0 aromatic heterocycles. The average Bonchev–Trinajstić information content (AvgIpc) is 2.69. The van der Waals surface area contributed by atoms with Crippen LogP contribution in [0.2, 0.25) is 0 Å². The first-order valence-electron chi connectivity index (χ1n) is 9.51. The molecule has 0 saturated carbocycles. The molecule has 2 amide bonds. The zero-order chi connectivity index (χ0) is 20.1. The zero-order valence-electron chi connectivity index (χ0n) is 16.2. The van der Waals surface area contributed by atoms with Crippen molar-refractivity contribution in [3.05, 3.63) is 65.5 Å². The van der Waals surface area contributed by atoms with Gasteiger partial charge in [0.1, 0.15) is 5.82 Å². The van der Waals surface area contributed by atoms with E-state index in [2.05, 4.69) is 13.8 Å². The molecule has 1 aliphatic heterocycles. The molecular formula is C22H25FN2O2S. The van der Waals surface area contributed by atoms with Crippen LogP contribution in [-0.4, -0.2) is 53.0 Å². The third kappa shape index (κ3) is 5.13. The Morgan fingerprint density at radius 2 is 1.57 bits per heavy atom. The van der Waals surface area contributed by atoms with E-state index in [1.165, 1.54) is 12.1 Å². The Kier molecular flexibility index (Phi) is 6.73. The molecule has 1 fully saturated rings. The van der Waals surface area contributed by atoms with Gasteiger partial charge >= 0.3 is 0 Å². The lowest BCUT2D eigenvalue weighted by atomic mass is 10.1. The first-order valence-corrected chi connectivity index (χ1v) is 10.4. The van der Waals surface area contributed by atoms with Crippen LogP contribution in [0.3, 0.4) is 0 Å². The van der Waals surface area contributed by atoms with Gasteiger partial charge in [-0.1, -0.05) is 38.1 Å². The van der Waals surface area contributed by atoms with Gasteiger partial charge < -0.3 is 9.80 Å². The SMILES string of the molecule is CC(C)Sc1ccccc1C(=O)N1CCN(C(=O)Cc2ccc(F)cc2)CC1. The highest BCUT2D eigenvalue weighted by Crippen LogP contribution is 2.27. The smallest absolute Gasteiger partial charge is 0.255 e. The van der Waals surface area contributed by atoms with Crippen LogP contribution in [0, 0.1) is 5.82 Å². The molecule has 0 spiro atoms. The van der Waals surface area contributed by atoms with Gasteiger partial charge in [0.15, 0.2) is 0 Å². The van der Waals surface area contributed by atoms with Gasteiger partial charge in [-0.15, -0.1) is 11.8 Å². The Morgan fingerprint density at radius 1 is 0.964 bits per heavy atom. The molecule has 1 aliphatic rings. The van der Waals surface area contributed by atoms with Gasteiger partial charge in [0.05, 0.1) is 12.0 Å². The maximum atomic E-state index is 13.0. The Morgan fingerprint density at radius 3 is 2.21 bits per heavy atom. The van der Waals surface area contributed by atoms with Gasteiger partial charge in [0.25, 0.3) is 5.91 Å². The molecule has 0 aliphatic carbocycles. The lowest BCUT2D eigenvalue weighted by Crippen LogP contribution is -2.51. The topological polar surface area (TPSA) is 40.6 Å². The zero-order valence-corrected chi connectivity index (χ0v) is 17.0. The minimum atomic E-state index is -0.306. The highest BCUT2D eigenvalue weighted by molar-refractivity contribution is 8.00. The molecule has 28 heavy (non-hydrogen) atoms. The van der Waals surface area contributed by atoms with Crippen LogP contribution < -0.4 is 0 Å². The van der Waals surface area contributed by atoms with Gasteiger partial charge in [-0.2, -0.15) is 0 Å². The van der Waals surface area contributed by atoms with E-state index in [0.717, 1.165) is 16.0 Å². The number of halogens is 1. The Bertz CT molecular complexity index is 831. The fraction of sp³-hybridized carbons (Fsp3) is 0.364. The highest BCUT2D eigenvalue weighted by Gasteiger charge is 2.26. The monoisotopic (exact) mass is 400 g/mol. The molecule has 1 saturated heterocycles. The molecule has 0 unspecified atom stereocenters. The lowest BCUT2D eigenvalue weighted by Gasteiger charge is -2.35. The van der Waals surface area contributed by atoms with Crippen molar-refractivity contribution in [1.29, 1.82) is 0 Å². The van der Waals surface area contributed by atoms with Crippen molar-refractivity contribution >= 4 is 23.6 Å². The van der Waals surface area contributed by atoms with Crippen molar-refractivity contribution in [3.8, 4) is 0 Å². The minimum Gasteiger partial charge on any atom is -0.339 e. The molecule has 148 valence electrons. The second kappa shape index (κ2) is 9.24. The summed E-state index contributed by atoms with van der Waals surface area (Å²) in [7, 11) is 0. The fourth-order valence-corrected chi connectivity index (χ4v) is 4.17. The van der Waals surface area contributed by atoms with E-state index >= 15 is 0 Å². The maximum Gasteiger partial charge on any atom is 0.255 e. The van der Waals surface area contributed by atoms with E-state index in [-0.39, 0.29) is 24.1 Å². The van der Waals surface area contributed by atoms with Gasteiger partial charge in [-0.05, 0) is 29.8 Å². The highest BCUT2D eigenvalue weighted by atomic mass is 32.2. The molecule has 0 atom stereocenters. The molecule has 4 nitrogen and oxygen atoms in total. The molecule has 1 heterocycles. The first kappa shape index (κ1) is 20.4. The molecule has 0 bridgehead atoms. The predicted octanol–water partition coefficient (Wildman–Crippen LogP) is 3.85. The van der Waals surface area contributed by atoms with Crippen LogP contribution in [0.4, 0.5) is 4.39 Å². The number of carbonyl (C=O) groups excluding carboxylic acids is 2. The van der Waals surface area contributed by atoms with E-state index in [4.69, 9.17) is 0 Å². The summed E-state index contributed by atoms with van der Waals surface area (Å²) in [6.07, 6.45) is 0.252. The van der Waals surface area contributed by atoms with Crippen molar-refractivity contribution in [1.82, 2.24) is 9.80 Å². The summed E-state index contributed by atoms with van der Waals surface area (Å²) < 4.78 is 13.0. The van der Waals surface area contributed by atoms with Gasteiger partial charge in [0.2, 0.25) is 5.91 Å². The number of hydrogen-bond donors (Lipinski definition) is 0. The van der Waals surface area contributed by atoms with Crippen LogP contribution in [0.1, 0.15) is 29.8 Å². The quantitative estimate of drug-likeness (QED) is 0.716. The van der Waals surface area contributed by atoms with Crippen LogP contribution in [0.25, 0.3) is 0 Å². The standard InChI is InChI=1S/C22H25FN2O2S/c1-16(2)28-20-6-4-3-5-19(20)22(27)25-13-11-24(12-14-25)21(26)15-17-7-9-18(23)10-8-17/h3-10,16H,11-15H2,1-2H3. The van der Waals surface area contributed by atoms with E-state index in [9.17, 15) is 14.0 Å². The van der Waals surface area contributed by atoms with E-state index in [1.807, 2.05) is 29.2 Å². The normalized spacial score (nSPS) is 14.4. The van der Waals surface area contributed by atoms with Crippen molar-refractivity contribution in [2.45, 2.75) is 30.4 Å². The maximum absolute atomic E-state index is 13.0. The molecule has 2 aromatic rings. The summed E-state index contributed by atoms with van der Waals surface area (Å²) in [5, 5.41) is 0.398. The van der Waals surface area contributed by atoms with Crippen molar-refractivity contribution in [2.75, 3.05) is 26.2 Å². The minimum absolute atomic E-state index is 0.00877. The molecule has 0 radical (unpaired) electrons. The van der Waals surface area contributed by atoms with E-state index in [1.54, 1.807) is 28.8 Å². The average molecular weight is 401 g/mol. The molecule has 2 aromatic carbocycles. The van der Waals surface area contributed by atoms with Crippen molar-refractivity contribution in [3.63, 3.8) is 0 Å². The molecular weight excluding hydrogens is 375 g/mol. The Hall–Kier alpha value is -2.34. The van der Waals surface area contributed by atoms with Crippen LogP contribution >= 0.6 is 11.8 Å². The van der Waals surface area contributed by atoms with Gasteiger partial charge in [-0.3, -0.25) is 9.59 Å². The number of hydrogen-bond acceptors (Lipinski definition) is 3. The summed E-state index contributed by atoms with van der Waals surface area (Å²) in [6.45, 7) is 6.30. The van der Waals surface area contributed by atoms with Gasteiger partial charge in [-0.25, -0.2) is 4.39 Å². The van der Waals surface area contributed by atoms with Crippen LogP contribution in [-0.2, 0) is 11.2 Å². The molecule has 6 heteroatoms. The van der Waals surface area contributed by atoms with E-state index in [0.29, 0.717) is 31.4 Å². The third-order valence-electron chi connectivity index (χ3n) is 4.67. The number of piperazine rings is 1. The number of rotatable bonds is 5. The van der Waals surface area contributed by atoms with Gasteiger partial charge in [0, 0.05) is 36.3 Å². The summed E-state index contributed by atoms with van der Waals surface area (Å²) in [6, 6.07) is 13.7. The first-order chi connectivity index (χ1) is 13.4. The molecule has 0 N–H and O–H groups in total. The largest absolute Gasteiger partial charge is 0.339 e. The summed E-state index contributed by atoms with van der Waals surface area (Å²) in [5.74, 6) is -0.275. The third-order valence-corrected chi connectivity index (χ3v) is 5.75. The van der Waals surface area contributed by atoms with Crippen LogP contribution in [0.15, 0.2) is 53.4 Å². The van der Waals surface area contributed by atoms with Crippen molar-refractivity contribution < 1.29 is 14.0 Å².